The molecule has 30 heavy (non-hydrogen) atoms. The fourth-order valence-electron chi connectivity index (χ4n) is 9.16. The predicted molar refractivity (Wildman–Crippen MR) is 119 cm³/mol. The number of hydrogen-bond acceptors (Lipinski definition) is 4. The highest BCUT2D eigenvalue weighted by molar-refractivity contribution is 5.09. The average Bonchev–Trinajstić information content (AvgIpc) is 3.10. The van der Waals surface area contributed by atoms with Crippen molar-refractivity contribution in [2.45, 2.75) is 97.5 Å². The van der Waals surface area contributed by atoms with Crippen LogP contribution in [-0.4, -0.2) is 26.2 Å². The molecule has 0 amide bonds. The van der Waals surface area contributed by atoms with Gasteiger partial charge in [-0.3, -0.25) is 0 Å². The minimum Gasteiger partial charge on any atom is -0.393 e. The van der Waals surface area contributed by atoms with E-state index in [0.717, 1.165) is 60.6 Å². The Morgan fingerprint density at radius 1 is 0.967 bits per heavy atom. The molecule has 4 saturated carbocycles. The number of aliphatic hydroxyl groups is 1. The molecular weight excluding hydrogens is 370 g/mol. The van der Waals surface area contributed by atoms with Crippen LogP contribution in [0.25, 0.3) is 0 Å². The van der Waals surface area contributed by atoms with E-state index in [2.05, 4.69) is 35.7 Å². The fraction of sp³-hybridized carbons (Fsp3) is 0.885. The normalized spacial score (nSPS) is 46.5. The van der Waals surface area contributed by atoms with Crippen molar-refractivity contribution in [3.05, 3.63) is 18.5 Å². The van der Waals surface area contributed by atoms with Crippen molar-refractivity contribution in [3.8, 4) is 0 Å². The van der Waals surface area contributed by atoms with Gasteiger partial charge in [0, 0.05) is 6.42 Å². The van der Waals surface area contributed by atoms with E-state index in [1.807, 2.05) is 0 Å². The Hall–Kier alpha value is -1.03. The molecule has 1 heterocycles. The van der Waals surface area contributed by atoms with Gasteiger partial charge in [-0.15, -0.1) is 0 Å². The van der Waals surface area contributed by atoms with Gasteiger partial charge >= 0.3 is 0 Å². The summed E-state index contributed by atoms with van der Waals surface area (Å²) in [5, 5.41) is 10.3. The second-order valence-electron chi connectivity index (χ2n) is 11.9. The topological polar surface area (TPSA) is 58.9 Å². The number of aryl methyl sites for hydroxylation is 1. The van der Waals surface area contributed by atoms with Crippen LogP contribution in [0.5, 0.6) is 0 Å². The lowest BCUT2D eigenvalue weighted by atomic mass is 9.44. The maximum Gasteiger partial charge on any atom is 0.131 e. The first kappa shape index (κ1) is 20.8. The van der Waals surface area contributed by atoms with Gasteiger partial charge in [0.25, 0.3) is 0 Å². The van der Waals surface area contributed by atoms with Gasteiger partial charge in [0.05, 0.1) is 6.10 Å². The first-order chi connectivity index (χ1) is 14.4. The minimum atomic E-state index is -0.0328. The molecule has 1 aromatic heterocycles. The van der Waals surface area contributed by atoms with Crippen molar-refractivity contribution >= 4 is 0 Å². The molecule has 0 aliphatic heterocycles. The van der Waals surface area contributed by atoms with Crippen molar-refractivity contribution in [3.63, 3.8) is 0 Å². The Balaban J connectivity index is 1.29. The van der Waals surface area contributed by atoms with E-state index < -0.39 is 0 Å². The van der Waals surface area contributed by atoms with Gasteiger partial charge in [0.2, 0.25) is 0 Å². The highest BCUT2D eigenvalue weighted by atomic mass is 16.3. The maximum absolute atomic E-state index is 10.3. The van der Waals surface area contributed by atoms with Crippen LogP contribution in [0.3, 0.4) is 0 Å². The molecule has 1 N–H and O–H groups in total. The van der Waals surface area contributed by atoms with Gasteiger partial charge in [-0.1, -0.05) is 20.8 Å². The number of fused-ring (bicyclic) bond motifs is 5. The molecule has 7 unspecified atom stereocenters. The lowest BCUT2D eigenvalue weighted by Crippen LogP contribution is -2.54. The summed E-state index contributed by atoms with van der Waals surface area (Å²) in [6.07, 6.45) is 17.3. The molecule has 4 aliphatic carbocycles. The van der Waals surface area contributed by atoms with Crippen molar-refractivity contribution in [2.24, 2.45) is 46.3 Å². The summed E-state index contributed by atoms with van der Waals surface area (Å²) in [5.41, 5.74) is 1.02. The van der Waals surface area contributed by atoms with Crippen molar-refractivity contribution in [1.29, 1.82) is 0 Å². The predicted octanol–water partition coefficient (Wildman–Crippen LogP) is 5.46. The zero-order chi connectivity index (χ0) is 20.9. The minimum absolute atomic E-state index is 0.0328. The summed E-state index contributed by atoms with van der Waals surface area (Å²) >= 11 is 0. The van der Waals surface area contributed by atoms with E-state index >= 15 is 0 Å². The number of hydrogen-bond donors (Lipinski definition) is 1. The van der Waals surface area contributed by atoms with Crippen molar-refractivity contribution < 1.29 is 5.11 Å². The average molecular weight is 412 g/mol. The van der Waals surface area contributed by atoms with E-state index in [-0.39, 0.29) is 6.10 Å². The molecule has 9 atom stereocenters. The van der Waals surface area contributed by atoms with Gasteiger partial charge in [0.15, 0.2) is 0 Å². The zero-order valence-corrected chi connectivity index (χ0v) is 19.3. The molecule has 4 fully saturated rings. The molecule has 0 bridgehead atoms. The molecule has 166 valence electrons. The zero-order valence-electron chi connectivity index (χ0n) is 19.3. The summed E-state index contributed by atoms with van der Waals surface area (Å²) in [7, 11) is 0. The standard InChI is InChI=1S/C26H41N3O/c1-17(4-9-24-28-15-27-16-29-24)21-7-8-22-20-6-5-18-14-19(30)10-12-25(18,2)23(20)11-13-26(21,22)3/h15-23,30H,4-14H2,1-3H3/t17-,18?,19?,20?,21?,22?,23?,25-,26?/m0/s1. The lowest BCUT2D eigenvalue weighted by molar-refractivity contribution is -0.129. The number of aliphatic hydroxyl groups excluding tert-OH is 1. The highest BCUT2D eigenvalue weighted by Gasteiger charge is 2.60. The third-order valence-electron chi connectivity index (χ3n) is 10.8. The molecular formula is C26H41N3O. The fourth-order valence-corrected chi connectivity index (χ4v) is 9.16. The van der Waals surface area contributed by atoms with Gasteiger partial charge in [-0.25, -0.2) is 15.0 Å². The van der Waals surface area contributed by atoms with Crippen LogP contribution >= 0.6 is 0 Å². The van der Waals surface area contributed by atoms with E-state index in [0.29, 0.717) is 10.8 Å². The van der Waals surface area contributed by atoms with Crippen molar-refractivity contribution in [1.82, 2.24) is 15.0 Å². The molecule has 4 heteroatoms. The third kappa shape index (κ3) is 3.32. The second-order valence-corrected chi connectivity index (χ2v) is 11.9. The van der Waals surface area contributed by atoms with E-state index in [4.69, 9.17) is 0 Å². The van der Waals surface area contributed by atoms with Crippen LogP contribution in [0.15, 0.2) is 12.7 Å². The Labute approximate surface area is 182 Å². The second kappa shape index (κ2) is 7.83. The number of rotatable bonds is 4. The molecule has 4 nitrogen and oxygen atoms in total. The van der Waals surface area contributed by atoms with Crippen LogP contribution in [0.4, 0.5) is 0 Å². The summed E-state index contributed by atoms with van der Waals surface area (Å²) < 4.78 is 0. The van der Waals surface area contributed by atoms with E-state index in [1.54, 1.807) is 12.7 Å². The first-order valence-electron chi connectivity index (χ1n) is 12.7. The maximum atomic E-state index is 10.3. The Morgan fingerprint density at radius 3 is 2.50 bits per heavy atom. The van der Waals surface area contributed by atoms with Crippen LogP contribution in [0.1, 0.15) is 90.8 Å². The van der Waals surface area contributed by atoms with Crippen LogP contribution < -0.4 is 0 Å². The van der Waals surface area contributed by atoms with Crippen LogP contribution in [0.2, 0.25) is 0 Å². The Kier molecular flexibility index (Phi) is 5.44. The third-order valence-corrected chi connectivity index (χ3v) is 10.8. The summed E-state index contributed by atoms with van der Waals surface area (Å²) in [5.74, 6) is 6.07. The SMILES string of the molecule is C[C@@H](CCc1ncncn1)C1CCC2C3CCC4CC(O)CC[C@]4(C)C3CCC21C. The largest absolute Gasteiger partial charge is 0.393 e. The Bertz CT molecular complexity index is 741. The highest BCUT2D eigenvalue weighted by Crippen LogP contribution is 2.68. The quantitative estimate of drug-likeness (QED) is 0.715. The molecule has 0 radical (unpaired) electrons. The molecule has 5 rings (SSSR count). The summed E-state index contributed by atoms with van der Waals surface area (Å²) in [6.45, 7) is 7.75. The smallest absolute Gasteiger partial charge is 0.131 e. The lowest BCUT2D eigenvalue weighted by Gasteiger charge is -2.61. The van der Waals surface area contributed by atoms with E-state index in [9.17, 15) is 5.11 Å². The van der Waals surface area contributed by atoms with E-state index in [1.165, 1.54) is 51.4 Å². The molecule has 1 aromatic rings. The first-order valence-corrected chi connectivity index (χ1v) is 12.7. The molecule has 4 aliphatic rings. The van der Waals surface area contributed by atoms with Gasteiger partial charge in [-0.05, 0) is 111 Å². The molecule has 0 aromatic carbocycles. The molecule has 0 spiro atoms. The molecule has 0 saturated heterocycles. The van der Waals surface area contributed by atoms with Gasteiger partial charge in [0.1, 0.15) is 18.5 Å². The number of aromatic nitrogens is 3. The Morgan fingerprint density at radius 2 is 1.70 bits per heavy atom. The van der Waals surface area contributed by atoms with Gasteiger partial charge in [-0.2, -0.15) is 0 Å². The van der Waals surface area contributed by atoms with Crippen LogP contribution in [-0.2, 0) is 6.42 Å². The monoisotopic (exact) mass is 411 g/mol. The summed E-state index contributed by atoms with van der Waals surface area (Å²) in [6, 6.07) is 0. The number of nitrogens with zero attached hydrogens (tertiary/aromatic N) is 3. The summed E-state index contributed by atoms with van der Waals surface area (Å²) in [4.78, 5) is 12.6. The van der Waals surface area contributed by atoms with Crippen molar-refractivity contribution in [2.75, 3.05) is 0 Å². The van der Waals surface area contributed by atoms with Gasteiger partial charge < -0.3 is 5.11 Å². The van der Waals surface area contributed by atoms with Crippen LogP contribution in [0, 0.1) is 46.3 Å².